The molecule has 0 bridgehead atoms. The van der Waals surface area contributed by atoms with E-state index in [1.807, 2.05) is 13.0 Å². The van der Waals surface area contributed by atoms with E-state index in [1.165, 1.54) is 16.7 Å². The summed E-state index contributed by atoms with van der Waals surface area (Å²) in [6.45, 7) is 6.30. The number of rotatable bonds is 2. The van der Waals surface area contributed by atoms with Gasteiger partial charge in [-0.1, -0.05) is 43.3 Å². The van der Waals surface area contributed by atoms with Gasteiger partial charge >= 0.3 is 0 Å². The minimum atomic E-state index is -0.119. The molecule has 4 heteroatoms. The Kier molecular flexibility index (Phi) is 5.86. The predicted octanol–water partition coefficient (Wildman–Crippen LogP) is 3.41. The van der Waals surface area contributed by atoms with Crippen LogP contribution in [-0.4, -0.2) is 10.6 Å². The molecule has 3 rings (SSSR count). The van der Waals surface area contributed by atoms with E-state index < -0.39 is 0 Å². The van der Waals surface area contributed by atoms with Gasteiger partial charge in [-0.3, -0.25) is 0 Å². The molecule has 1 aliphatic rings. The van der Waals surface area contributed by atoms with Crippen molar-refractivity contribution in [3.63, 3.8) is 0 Å². The number of hydrogen-bond acceptors (Lipinski definition) is 2. The highest BCUT2D eigenvalue weighted by Crippen LogP contribution is 2.51. The average molecular weight is 336 g/mol. The lowest BCUT2D eigenvalue weighted by Gasteiger charge is -2.29. The smallest absolute Gasteiger partial charge is 0.123 e. The zero-order valence-corrected chi connectivity index (χ0v) is 14.7. The Hall–Kier alpha value is -1.55. The first-order valence-corrected chi connectivity index (χ1v) is 7.54. The summed E-state index contributed by atoms with van der Waals surface area (Å²) >= 11 is 0. The van der Waals surface area contributed by atoms with Gasteiger partial charge in [-0.25, -0.2) is 0 Å². The Morgan fingerprint density at radius 1 is 1.17 bits per heavy atom. The molecule has 0 fully saturated rings. The third-order valence-electron chi connectivity index (χ3n) is 4.96. The van der Waals surface area contributed by atoms with Crippen LogP contribution in [0.5, 0.6) is 5.75 Å². The summed E-state index contributed by atoms with van der Waals surface area (Å²) in [6, 6.07) is 12.4. The fourth-order valence-corrected chi connectivity index (χ4v) is 3.71. The molecule has 0 saturated carbocycles. The van der Waals surface area contributed by atoms with Crippen LogP contribution < -0.4 is 5.73 Å². The summed E-state index contributed by atoms with van der Waals surface area (Å²) < 4.78 is 0. The van der Waals surface area contributed by atoms with Gasteiger partial charge in [0.05, 0.1) is 0 Å². The Morgan fingerprint density at radius 2 is 1.78 bits per heavy atom. The van der Waals surface area contributed by atoms with Gasteiger partial charge in [0.2, 0.25) is 0 Å². The zero-order valence-electron chi connectivity index (χ0n) is 13.9. The SMILES string of the molecule is Cc1cc(C)c2c(c1O)C(N)C(C)(Cc1ccccc1)C2.Cl.O. The van der Waals surface area contributed by atoms with Crippen molar-refractivity contribution in [3.8, 4) is 5.75 Å². The van der Waals surface area contributed by atoms with E-state index in [4.69, 9.17) is 5.73 Å². The molecular weight excluding hydrogens is 310 g/mol. The summed E-state index contributed by atoms with van der Waals surface area (Å²) in [7, 11) is 0. The minimum absolute atomic E-state index is 0. The summed E-state index contributed by atoms with van der Waals surface area (Å²) in [4.78, 5) is 0. The fourth-order valence-electron chi connectivity index (χ4n) is 3.71. The number of hydrogen-bond donors (Lipinski definition) is 2. The van der Waals surface area contributed by atoms with E-state index >= 15 is 0 Å². The Labute approximate surface area is 144 Å². The van der Waals surface area contributed by atoms with Crippen LogP contribution in [0.3, 0.4) is 0 Å². The predicted molar refractivity (Wildman–Crippen MR) is 97.3 cm³/mol. The zero-order chi connectivity index (χ0) is 15.2. The van der Waals surface area contributed by atoms with E-state index in [2.05, 4.69) is 44.2 Å². The standard InChI is InChI=1S/C19H23NO.ClH.H2O/c1-12-9-13(2)17(21)16-15(12)11-19(3,18(16)20)10-14-7-5-4-6-8-14;;/h4-9,18,21H,10-11,20H2,1-3H3;1H;1H2. The quantitative estimate of drug-likeness (QED) is 0.882. The number of benzene rings is 2. The third-order valence-corrected chi connectivity index (χ3v) is 4.96. The molecule has 3 nitrogen and oxygen atoms in total. The lowest BCUT2D eigenvalue weighted by atomic mass is 9.78. The van der Waals surface area contributed by atoms with Crippen LogP contribution in [0.4, 0.5) is 0 Å². The van der Waals surface area contributed by atoms with Crippen LogP contribution >= 0.6 is 12.4 Å². The lowest BCUT2D eigenvalue weighted by Crippen LogP contribution is -2.30. The van der Waals surface area contributed by atoms with Crippen molar-refractivity contribution in [2.24, 2.45) is 11.1 Å². The maximum absolute atomic E-state index is 10.4. The van der Waals surface area contributed by atoms with E-state index in [-0.39, 0.29) is 29.3 Å². The van der Waals surface area contributed by atoms with Crippen molar-refractivity contribution >= 4 is 12.4 Å². The topological polar surface area (TPSA) is 77.8 Å². The normalized spacial score (nSPS) is 22.0. The minimum Gasteiger partial charge on any atom is -0.507 e. The third kappa shape index (κ3) is 3.23. The number of aryl methyl sites for hydroxylation is 2. The van der Waals surface area contributed by atoms with Gasteiger partial charge in [0.15, 0.2) is 0 Å². The van der Waals surface area contributed by atoms with Gasteiger partial charge in [-0.2, -0.15) is 0 Å². The number of phenolic OH excluding ortho intramolecular Hbond substituents is 1. The number of aromatic hydroxyl groups is 1. The van der Waals surface area contributed by atoms with E-state index in [1.54, 1.807) is 0 Å². The van der Waals surface area contributed by atoms with Crippen molar-refractivity contribution in [3.05, 3.63) is 64.2 Å². The molecule has 2 atom stereocenters. The Morgan fingerprint density at radius 3 is 2.39 bits per heavy atom. The Bertz CT molecular complexity index is 688. The van der Waals surface area contributed by atoms with Gasteiger partial charge in [0.25, 0.3) is 0 Å². The van der Waals surface area contributed by atoms with Crippen LogP contribution in [-0.2, 0) is 12.8 Å². The van der Waals surface area contributed by atoms with Crippen LogP contribution in [0.2, 0.25) is 0 Å². The molecule has 0 heterocycles. The highest BCUT2D eigenvalue weighted by atomic mass is 35.5. The monoisotopic (exact) mass is 335 g/mol. The molecule has 5 N–H and O–H groups in total. The van der Waals surface area contributed by atoms with Gasteiger partial charge in [0, 0.05) is 11.6 Å². The molecule has 1 aliphatic carbocycles. The van der Waals surface area contributed by atoms with Crippen LogP contribution in [0, 0.1) is 19.3 Å². The summed E-state index contributed by atoms with van der Waals surface area (Å²) in [5.41, 5.74) is 12.2. The van der Waals surface area contributed by atoms with Crippen LogP contribution in [0.15, 0.2) is 36.4 Å². The number of phenols is 1. The first-order chi connectivity index (χ1) is 9.92. The molecule has 23 heavy (non-hydrogen) atoms. The second kappa shape index (κ2) is 6.91. The summed E-state index contributed by atoms with van der Waals surface area (Å²) in [5, 5.41) is 10.4. The lowest BCUT2D eigenvalue weighted by molar-refractivity contribution is 0.275. The Balaban J connectivity index is 0.00000132. The maximum atomic E-state index is 10.4. The highest BCUT2D eigenvalue weighted by molar-refractivity contribution is 5.85. The van der Waals surface area contributed by atoms with Gasteiger partial charge in [0.1, 0.15) is 5.75 Å². The molecule has 2 aromatic rings. The molecule has 0 saturated heterocycles. The molecular formula is C19H26ClNO2. The van der Waals surface area contributed by atoms with Gasteiger partial charge in [-0.15, -0.1) is 12.4 Å². The first kappa shape index (κ1) is 19.5. The largest absolute Gasteiger partial charge is 0.507 e. The van der Waals surface area contributed by atoms with Crippen molar-refractivity contribution < 1.29 is 10.6 Å². The van der Waals surface area contributed by atoms with Crippen molar-refractivity contribution in [2.75, 3.05) is 0 Å². The molecule has 126 valence electrons. The molecule has 0 radical (unpaired) electrons. The summed E-state index contributed by atoms with van der Waals surface area (Å²) in [5.74, 6) is 0.389. The maximum Gasteiger partial charge on any atom is 0.123 e. The number of fused-ring (bicyclic) bond motifs is 1. The number of halogens is 1. The van der Waals surface area contributed by atoms with E-state index in [9.17, 15) is 5.11 Å². The van der Waals surface area contributed by atoms with Gasteiger partial charge < -0.3 is 16.3 Å². The molecule has 0 spiro atoms. The van der Waals surface area contributed by atoms with Crippen molar-refractivity contribution in [2.45, 2.75) is 39.7 Å². The average Bonchev–Trinajstić information content (AvgIpc) is 2.71. The molecule has 2 aromatic carbocycles. The fraction of sp³-hybridized carbons (Fsp3) is 0.368. The second-order valence-corrected chi connectivity index (χ2v) is 6.72. The second-order valence-electron chi connectivity index (χ2n) is 6.72. The first-order valence-electron chi connectivity index (χ1n) is 7.54. The molecule has 2 unspecified atom stereocenters. The van der Waals surface area contributed by atoms with E-state index in [0.717, 1.165) is 24.0 Å². The van der Waals surface area contributed by atoms with Crippen molar-refractivity contribution in [1.29, 1.82) is 0 Å². The summed E-state index contributed by atoms with van der Waals surface area (Å²) in [6.07, 6.45) is 1.86. The van der Waals surface area contributed by atoms with Gasteiger partial charge in [-0.05, 0) is 54.4 Å². The number of nitrogens with two attached hydrogens (primary N) is 1. The van der Waals surface area contributed by atoms with Crippen LogP contribution in [0.1, 0.15) is 40.8 Å². The molecule has 0 amide bonds. The van der Waals surface area contributed by atoms with Crippen LogP contribution in [0.25, 0.3) is 0 Å². The highest BCUT2D eigenvalue weighted by Gasteiger charge is 2.43. The van der Waals surface area contributed by atoms with E-state index in [0.29, 0.717) is 5.75 Å². The molecule has 0 aromatic heterocycles. The van der Waals surface area contributed by atoms with Crippen molar-refractivity contribution in [1.82, 2.24) is 0 Å². The molecule has 0 aliphatic heterocycles.